The normalized spacial score (nSPS) is 16.8. The van der Waals surface area contributed by atoms with Crippen molar-refractivity contribution in [1.82, 2.24) is 24.7 Å². The SMILES string of the molecule is Cn1ccnc1-c1ccc(N2CCC(O)(c3cccnc3)CC2)nn1. The van der Waals surface area contributed by atoms with Crippen LogP contribution >= 0.6 is 0 Å². The Labute approximate surface area is 146 Å². The zero-order chi connectivity index (χ0) is 17.3. The monoisotopic (exact) mass is 336 g/mol. The molecule has 128 valence electrons. The van der Waals surface area contributed by atoms with E-state index in [0.717, 1.165) is 36.0 Å². The Balaban J connectivity index is 1.47. The van der Waals surface area contributed by atoms with E-state index in [-0.39, 0.29) is 0 Å². The Bertz CT molecular complexity index is 838. The average molecular weight is 336 g/mol. The lowest BCUT2D eigenvalue weighted by molar-refractivity contribution is 0.0113. The Morgan fingerprint density at radius 3 is 2.52 bits per heavy atom. The molecule has 1 fully saturated rings. The third kappa shape index (κ3) is 2.98. The van der Waals surface area contributed by atoms with Crippen molar-refractivity contribution in [2.24, 2.45) is 7.05 Å². The van der Waals surface area contributed by atoms with Crippen molar-refractivity contribution >= 4 is 5.82 Å². The molecular formula is C18H20N6O. The van der Waals surface area contributed by atoms with Crippen LogP contribution in [0.3, 0.4) is 0 Å². The van der Waals surface area contributed by atoms with E-state index in [9.17, 15) is 5.11 Å². The van der Waals surface area contributed by atoms with E-state index >= 15 is 0 Å². The number of piperidine rings is 1. The Morgan fingerprint density at radius 1 is 1.08 bits per heavy atom. The highest BCUT2D eigenvalue weighted by molar-refractivity contribution is 5.52. The standard InChI is InChI=1S/C18H20N6O/c1-23-12-9-20-17(23)15-4-5-16(22-21-15)24-10-6-18(25,7-11-24)14-3-2-8-19-13-14/h2-5,8-9,12-13,25H,6-7,10-11H2,1H3. The molecule has 0 spiro atoms. The van der Waals surface area contributed by atoms with Gasteiger partial charge in [-0.2, -0.15) is 0 Å². The molecule has 0 unspecified atom stereocenters. The molecule has 1 saturated heterocycles. The molecule has 0 saturated carbocycles. The van der Waals surface area contributed by atoms with Gasteiger partial charge in [-0.3, -0.25) is 4.98 Å². The molecule has 4 heterocycles. The summed E-state index contributed by atoms with van der Waals surface area (Å²) in [5.41, 5.74) is 0.816. The van der Waals surface area contributed by atoms with Gasteiger partial charge in [0.15, 0.2) is 11.6 Å². The van der Waals surface area contributed by atoms with E-state index in [1.807, 2.05) is 42.1 Å². The van der Waals surface area contributed by atoms with Crippen LogP contribution in [0.15, 0.2) is 49.1 Å². The highest BCUT2D eigenvalue weighted by Gasteiger charge is 2.34. The van der Waals surface area contributed by atoms with Crippen molar-refractivity contribution in [2.75, 3.05) is 18.0 Å². The first-order valence-electron chi connectivity index (χ1n) is 8.35. The first-order chi connectivity index (χ1) is 12.2. The molecule has 0 aromatic carbocycles. The van der Waals surface area contributed by atoms with Gasteiger partial charge in [0.25, 0.3) is 0 Å². The third-order valence-electron chi connectivity index (χ3n) is 4.81. The minimum absolute atomic E-state index is 0.640. The Hall–Kier alpha value is -2.80. The van der Waals surface area contributed by atoms with Crippen LogP contribution in [0.2, 0.25) is 0 Å². The van der Waals surface area contributed by atoms with Crippen LogP contribution in [-0.2, 0) is 12.6 Å². The number of aryl methyl sites for hydroxylation is 1. The average Bonchev–Trinajstić information content (AvgIpc) is 3.09. The van der Waals surface area contributed by atoms with E-state index < -0.39 is 5.60 Å². The second-order valence-electron chi connectivity index (χ2n) is 6.40. The van der Waals surface area contributed by atoms with Gasteiger partial charge in [0, 0.05) is 50.5 Å². The van der Waals surface area contributed by atoms with Crippen molar-refractivity contribution in [2.45, 2.75) is 18.4 Å². The lowest BCUT2D eigenvalue weighted by Gasteiger charge is -2.38. The number of nitrogens with zero attached hydrogens (tertiary/aromatic N) is 6. The molecular weight excluding hydrogens is 316 g/mol. The molecule has 1 N–H and O–H groups in total. The van der Waals surface area contributed by atoms with Gasteiger partial charge in [-0.15, -0.1) is 10.2 Å². The third-order valence-corrected chi connectivity index (χ3v) is 4.81. The molecule has 0 aliphatic carbocycles. The maximum absolute atomic E-state index is 10.9. The molecule has 25 heavy (non-hydrogen) atoms. The van der Waals surface area contributed by atoms with Gasteiger partial charge in [-0.1, -0.05) is 6.07 Å². The van der Waals surface area contributed by atoms with Crippen LogP contribution in [0, 0.1) is 0 Å². The summed E-state index contributed by atoms with van der Waals surface area (Å²) >= 11 is 0. The summed E-state index contributed by atoms with van der Waals surface area (Å²) in [5, 5.41) is 19.5. The van der Waals surface area contributed by atoms with Crippen molar-refractivity contribution in [3.8, 4) is 11.5 Å². The number of aromatic nitrogens is 5. The number of anilines is 1. The van der Waals surface area contributed by atoms with Gasteiger partial charge in [0.05, 0.1) is 5.60 Å². The fraction of sp³-hybridized carbons (Fsp3) is 0.333. The van der Waals surface area contributed by atoms with Crippen molar-refractivity contribution in [3.05, 3.63) is 54.6 Å². The molecule has 0 amide bonds. The molecule has 0 bridgehead atoms. The van der Waals surface area contributed by atoms with Gasteiger partial charge in [-0.05, 0) is 31.0 Å². The molecule has 3 aromatic rings. The fourth-order valence-corrected chi connectivity index (χ4v) is 3.26. The van der Waals surface area contributed by atoms with E-state index in [1.54, 1.807) is 18.6 Å². The molecule has 4 rings (SSSR count). The molecule has 1 aliphatic rings. The van der Waals surface area contributed by atoms with E-state index in [1.165, 1.54) is 0 Å². The lowest BCUT2D eigenvalue weighted by Crippen LogP contribution is -2.43. The predicted octanol–water partition coefficient (Wildman–Crippen LogP) is 1.76. The van der Waals surface area contributed by atoms with Crippen LogP contribution in [0.1, 0.15) is 18.4 Å². The number of hydrogen-bond acceptors (Lipinski definition) is 6. The zero-order valence-corrected chi connectivity index (χ0v) is 14.1. The molecule has 7 heteroatoms. The summed E-state index contributed by atoms with van der Waals surface area (Å²) in [5.74, 6) is 1.62. The molecule has 0 radical (unpaired) electrons. The second kappa shape index (κ2) is 6.25. The van der Waals surface area contributed by atoms with E-state index in [0.29, 0.717) is 12.8 Å². The topological polar surface area (TPSA) is 80.0 Å². The fourth-order valence-electron chi connectivity index (χ4n) is 3.26. The first kappa shape index (κ1) is 15.7. The Kier molecular flexibility index (Phi) is 3.93. The summed E-state index contributed by atoms with van der Waals surface area (Å²) in [6.45, 7) is 1.45. The van der Waals surface area contributed by atoms with E-state index in [2.05, 4.69) is 25.1 Å². The molecule has 7 nitrogen and oxygen atoms in total. The van der Waals surface area contributed by atoms with Gasteiger partial charge in [0.2, 0.25) is 0 Å². The summed E-state index contributed by atoms with van der Waals surface area (Å²) in [6, 6.07) is 7.70. The zero-order valence-electron chi connectivity index (χ0n) is 14.1. The summed E-state index contributed by atoms with van der Waals surface area (Å²) in [7, 11) is 1.93. The second-order valence-corrected chi connectivity index (χ2v) is 6.40. The summed E-state index contributed by atoms with van der Waals surface area (Å²) in [6.07, 6.45) is 8.38. The highest BCUT2D eigenvalue weighted by Crippen LogP contribution is 2.33. The molecule has 1 aliphatic heterocycles. The quantitative estimate of drug-likeness (QED) is 0.785. The van der Waals surface area contributed by atoms with Crippen LogP contribution in [0.5, 0.6) is 0 Å². The minimum atomic E-state index is -0.814. The highest BCUT2D eigenvalue weighted by atomic mass is 16.3. The van der Waals surface area contributed by atoms with Gasteiger partial charge in [0.1, 0.15) is 5.69 Å². The van der Waals surface area contributed by atoms with Gasteiger partial charge < -0.3 is 14.6 Å². The van der Waals surface area contributed by atoms with Crippen LogP contribution in [0.25, 0.3) is 11.5 Å². The first-order valence-corrected chi connectivity index (χ1v) is 8.35. The number of aliphatic hydroxyl groups is 1. The van der Waals surface area contributed by atoms with Gasteiger partial charge in [-0.25, -0.2) is 4.98 Å². The van der Waals surface area contributed by atoms with Crippen LogP contribution in [0.4, 0.5) is 5.82 Å². The largest absolute Gasteiger partial charge is 0.385 e. The smallest absolute Gasteiger partial charge is 0.160 e. The summed E-state index contributed by atoms with van der Waals surface area (Å²) in [4.78, 5) is 10.6. The lowest BCUT2D eigenvalue weighted by atomic mass is 9.85. The number of pyridine rings is 1. The maximum atomic E-state index is 10.9. The Morgan fingerprint density at radius 2 is 1.92 bits per heavy atom. The van der Waals surface area contributed by atoms with E-state index in [4.69, 9.17) is 0 Å². The number of hydrogen-bond donors (Lipinski definition) is 1. The number of imidazole rings is 1. The summed E-state index contributed by atoms with van der Waals surface area (Å²) < 4.78 is 1.92. The van der Waals surface area contributed by atoms with Crippen molar-refractivity contribution < 1.29 is 5.11 Å². The predicted molar refractivity (Wildman–Crippen MR) is 93.8 cm³/mol. The van der Waals surface area contributed by atoms with Crippen molar-refractivity contribution in [1.29, 1.82) is 0 Å². The minimum Gasteiger partial charge on any atom is -0.385 e. The van der Waals surface area contributed by atoms with Crippen molar-refractivity contribution in [3.63, 3.8) is 0 Å². The van der Waals surface area contributed by atoms with Crippen LogP contribution in [-0.4, -0.2) is 42.9 Å². The maximum Gasteiger partial charge on any atom is 0.160 e. The number of rotatable bonds is 3. The van der Waals surface area contributed by atoms with Crippen LogP contribution < -0.4 is 4.90 Å². The molecule has 3 aromatic heterocycles. The van der Waals surface area contributed by atoms with Gasteiger partial charge >= 0.3 is 0 Å². The molecule has 0 atom stereocenters.